The molecule has 0 N–H and O–H groups in total. The van der Waals surface area contributed by atoms with E-state index in [1.54, 1.807) is 25.0 Å². The van der Waals surface area contributed by atoms with Gasteiger partial charge in [0.05, 0.1) is 37.4 Å². The number of aromatic nitrogens is 4. The summed E-state index contributed by atoms with van der Waals surface area (Å²) in [5.74, 6) is 1.97. The number of carbonyl (C=O) groups excluding carboxylic acids is 1. The Hall–Kier alpha value is -3.68. The van der Waals surface area contributed by atoms with Gasteiger partial charge in [-0.1, -0.05) is 6.07 Å². The SMILES string of the molecule is COc1ccc(-c2c(C)nn3c4c(nnc23)C(=O)CC(c2ccco2)C4)cc1OC. The maximum Gasteiger partial charge on any atom is 0.185 e. The maximum atomic E-state index is 12.7. The summed E-state index contributed by atoms with van der Waals surface area (Å²) in [6, 6.07) is 9.41. The zero-order valence-corrected chi connectivity index (χ0v) is 16.9. The second-order valence-corrected chi connectivity index (χ2v) is 7.30. The number of hydrogen-bond donors (Lipinski definition) is 0. The molecule has 0 bridgehead atoms. The van der Waals surface area contributed by atoms with Gasteiger partial charge in [-0.25, -0.2) is 4.52 Å². The Morgan fingerprint density at radius 2 is 1.93 bits per heavy atom. The van der Waals surface area contributed by atoms with Gasteiger partial charge in [-0.3, -0.25) is 4.79 Å². The average Bonchev–Trinajstić information content (AvgIpc) is 3.40. The molecule has 4 aromatic rings. The molecular formula is C22H20N4O4. The van der Waals surface area contributed by atoms with Gasteiger partial charge in [0.1, 0.15) is 5.76 Å². The fourth-order valence-electron chi connectivity index (χ4n) is 4.13. The van der Waals surface area contributed by atoms with E-state index in [0.717, 1.165) is 28.3 Å². The first kappa shape index (κ1) is 18.4. The minimum atomic E-state index is -0.0483. The highest BCUT2D eigenvalue weighted by Crippen LogP contribution is 2.37. The lowest BCUT2D eigenvalue weighted by Gasteiger charge is -2.21. The molecule has 1 aliphatic rings. The van der Waals surface area contributed by atoms with E-state index >= 15 is 0 Å². The van der Waals surface area contributed by atoms with Gasteiger partial charge >= 0.3 is 0 Å². The van der Waals surface area contributed by atoms with E-state index in [2.05, 4.69) is 10.2 Å². The second-order valence-electron chi connectivity index (χ2n) is 7.30. The van der Waals surface area contributed by atoms with Crippen molar-refractivity contribution in [3.05, 3.63) is 59.4 Å². The molecule has 1 unspecified atom stereocenters. The van der Waals surface area contributed by atoms with Crippen LogP contribution in [0.15, 0.2) is 41.0 Å². The number of carbonyl (C=O) groups is 1. The van der Waals surface area contributed by atoms with Gasteiger partial charge in [-0.15, -0.1) is 10.2 Å². The van der Waals surface area contributed by atoms with Crippen molar-refractivity contribution in [2.24, 2.45) is 0 Å². The Bertz CT molecular complexity index is 1260. The number of methoxy groups -OCH3 is 2. The molecule has 0 aliphatic heterocycles. The Morgan fingerprint density at radius 1 is 1.10 bits per heavy atom. The third-order valence-corrected chi connectivity index (χ3v) is 5.56. The molecule has 5 rings (SSSR count). The molecule has 152 valence electrons. The summed E-state index contributed by atoms with van der Waals surface area (Å²) in [5.41, 5.74) is 4.26. The van der Waals surface area contributed by atoms with Crippen LogP contribution in [-0.2, 0) is 6.42 Å². The highest BCUT2D eigenvalue weighted by molar-refractivity contribution is 5.97. The molecule has 0 fully saturated rings. The summed E-state index contributed by atoms with van der Waals surface area (Å²) >= 11 is 0. The lowest BCUT2D eigenvalue weighted by Crippen LogP contribution is -2.24. The van der Waals surface area contributed by atoms with Crippen molar-refractivity contribution in [2.45, 2.75) is 25.7 Å². The Labute approximate surface area is 172 Å². The number of fused-ring (bicyclic) bond motifs is 3. The highest BCUT2D eigenvalue weighted by atomic mass is 16.5. The van der Waals surface area contributed by atoms with Crippen molar-refractivity contribution in [3.8, 4) is 22.6 Å². The Kier molecular flexibility index (Phi) is 4.27. The smallest absolute Gasteiger partial charge is 0.185 e. The van der Waals surface area contributed by atoms with E-state index in [-0.39, 0.29) is 11.7 Å². The molecule has 1 aromatic carbocycles. The van der Waals surface area contributed by atoms with E-state index in [1.807, 2.05) is 37.3 Å². The normalized spacial score (nSPS) is 16.0. The summed E-state index contributed by atoms with van der Waals surface area (Å²) < 4.78 is 18.1. The molecule has 0 radical (unpaired) electrons. The Morgan fingerprint density at radius 3 is 2.67 bits per heavy atom. The summed E-state index contributed by atoms with van der Waals surface area (Å²) in [7, 11) is 3.20. The fraction of sp³-hybridized carbons (Fsp3) is 0.273. The van der Waals surface area contributed by atoms with Crippen LogP contribution >= 0.6 is 0 Å². The number of aryl methyl sites for hydroxylation is 1. The lowest BCUT2D eigenvalue weighted by molar-refractivity contribution is 0.0951. The fourth-order valence-corrected chi connectivity index (χ4v) is 4.13. The molecule has 1 atom stereocenters. The third kappa shape index (κ3) is 2.75. The molecule has 3 aromatic heterocycles. The molecule has 0 amide bonds. The minimum absolute atomic E-state index is 0.0403. The predicted molar refractivity (Wildman–Crippen MR) is 108 cm³/mol. The van der Waals surface area contributed by atoms with Gasteiger partial charge in [0, 0.05) is 18.8 Å². The molecule has 0 spiro atoms. The van der Waals surface area contributed by atoms with Crippen LogP contribution in [0.3, 0.4) is 0 Å². The van der Waals surface area contributed by atoms with Gasteiger partial charge in [-0.05, 0) is 36.8 Å². The number of hydrogen-bond acceptors (Lipinski definition) is 7. The molecule has 3 heterocycles. The van der Waals surface area contributed by atoms with Crippen LogP contribution in [0.4, 0.5) is 0 Å². The first-order valence-electron chi connectivity index (χ1n) is 9.64. The molecule has 30 heavy (non-hydrogen) atoms. The third-order valence-electron chi connectivity index (χ3n) is 5.56. The predicted octanol–water partition coefficient (Wildman–Crippen LogP) is 3.62. The summed E-state index contributed by atoms with van der Waals surface area (Å²) in [5, 5.41) is 13.3. The van der Waals surface area contributed by atoms with Gasteiger partial charge in [0.25, 0.3) is 0 Å². The van der Waals surface area contributed by atoms with E-state index < -0.39 is 0 Å². The van der Waals surface area contributed by atoms with Gasteiger partial charge < -0.3 is 13.9 Å². The monoisotopic (exact) mass is 404 g/mol. The molecular weight excluding hydrogens is 384 g/mol. The van der Waals surface area contributed by atoms with Crippen molar-refractivity contribution < 1.29 is 18.7 Å². The number of nitrogens with zero attached hydrogens (tertiary/aromatic N) is 4. The van der Waals surface area contributed by atoms with Crippen molar-refractivity contribution in [2.75, 3.05) is 14.2 Å². The van der Waals surface area contributed by atoms with Crippen molar-refractivity contribution in [1.82, 2.24) is 19.8 Å². The first-order valence-corrected chi connectivity index (χ1v) is 9.64. The number of ether oxygens (including phenoxy) is 2. The van der Waals surface area contributed by atoms with Crippen molar-refractivity contribution >= 4 is 11.4 Å². The van der Waals surface area contributed by atoms with E-state index in [4.69, 9.17) is 19.0 Å². The van der Waals surface area contributed by atoms with Crippen LogP contribution in [0.25, 0.3) is 16.8 Å². The zero-order chi connectivity index (χ0) is 20.8. The van der Waals surface area contributed by atoms with Gasteiger partial charge in [0.15, 0.2) is 28.6 Å². The van der Waals surface area contributed by atoms with E-state index in [1.165, 1.54) is 0 Å². The van der Waals surface area contributed by atoms with Crippen LogP contribution in [0.2, 0.25) is 0 Å². The number of benzene rings is 1. The largest absolute Gasteiger partial charge is 0.493 e. The van der Waals surface area contributed by atoms with E-state index in [0.29, 0.717) is 35.7 Å². The van der Waals surface area contributed by atoms with Crippen LogP contribution in [0.5, 0.6) is 11.5 Å². The van der Waals surface area contributed by atoms with Crippen molar-refractivity contribution in [1.29, 1.82) is 0 Å². The van der Waals surface area contributed by atoms with Gasteiger partial charge in [0.2, 0.25) is 0 Å². The molecule has 8 nitrogen and oxygen atoms in total. The number of furan rings is 1. The molecule has 0 saturated heterocycles. The molecule has 1 aliphatic carbocycles. The van der Waals surface area contributed by atoms with Gasteiger partial charge in [-0.2, -0.15) is 5.10 Å². The first-order chi connectivity index (χ1) is 14.6. The number of rotatable bonds is 4. The van der Waals surface area contributed by atoms with Crippen LogP contribution in [-0.4, -0.2) is 39.8 Å². The molecule has 8 heteroatoms. The summed E-state index contributed by atoms with van der Waals surface area (Å²) in [4.78, 5) is 12.7. The second kappa shape index (κ2) is 6.98. The van der Waals surface area contributed by atoms with Crippen LogP contribution in [0, 0.1) is 6.92 Å². The maximum absolute atomic E-state index is 12.7. The average molecular weight is 404 g/mol. The summed E-state index contributed by atoms with van der Waals surface area (Å²) in [6.45, 7) is 1.92. The topological polar surface area (TPSA) is 91.8 Å². The zero-order valence-electron chi connectivity index (χ0n) is 16.9. The highest BCUT2D eigenvalue weighted by Gasteiger charge is 2.32. The van der Waals surface area contributed by atoms with Crippen molar-refractivity contribution in [3.63, 3.8) is 0 Å². The lowest BCUT2D eigenvalue weighted by atomic mass is 9.87. The van der Waals surface area contributed by atoms with E-state index in [9.17, 15) is 4.79 Å². The summed E-state index contributed by atoms with van der Waals surface area (Å²) in [6.07, 6.45) is 2.58. The minimum Gasteiger partial charge on any atom is -0.493 e. The van der Waals surface area contributed by atoms with Crippen LogP contribution < -0.4 is 9.47 Å². The molecule has 0 saturated carbocycles. The van der Waals surface area contributed by atoms with Crippen LogP contribution in [0.1, 0.15) is 40.0 Å². The number of ketones is 1. The quantitative estimate of drug-likeness (QED) is 0.513. The Balaban J connectivity index is 1.66. The number of Topliss-reactive ketones (excluding diaryl/α,β-unsaturated/α-hetero) is 1. The standard InChI is InChI=1S/C22H20N4O4/c1-12-20(13-6-7-18(28-2)19(11-13)29-3)22-24-23-21-15(26(22)25-12)9-14(10-16(21)27)17-5-4-8-30-17/h4-8,11,14H,9-10H2,1-3H3.